The number of rotatable bonds is 3. The van der Waals surface area contributed by atoms with E-state index in [4.69, 9.17) is 28.4 Å². The van der Waals surface area contributed by atoms with Crippen LogP contribution in [0.15, 0.2) is 48.7 Å². The Morgan fingerprint density at radius 3 is 2.64 bits per heavy atom. The topological polar surface area (TPSA) is 54.3 Å². The van der Waals surface area contributed by atoms with E-state index in [9.17, 15) is 4.79 Å². The quantitative estimate of drug-likeness (QED) is 0.559. The third-order valence-corrected chi connectivity index (χ3v) is 4.21. The maximum Gasteiger partial charge on any atom is 0.274 e. The second-order valence-electron chi connectivity index (χ2n) is 4.91. The lowest BCUT2D eigenvalue weighted by molar-refractivity contribution is 0.0706. The number of halogens is 2. The van der Waals surface area contributed by atoms with E-state index in [2.05, 4.69) is 0 Å². The number of nitrogens with one attached hydrogen (secondary N) is 1. The van der Waals surface area contributed by atoms with Gasteiger partial charge in [0.1, 0.15) is 0 Å². The Bertz CT molecular complexity index is 858. The number of amides is 1. The lowest BCUT2D eigenvalue weighted by Crippen LogP contribution is -2.18. The van der Waals surface area contributed by atoms with Crippen molar-refractivity contribution in [2.45, 2.75) is 6.54 Å². The summed E-state index contributed by atoms with van der Waals surface area (Å²) < 4.78 is 2.00. The molecule has 6 heteroatoms. The second-order valence-corrected chi connectivity index (χ2v) is 5.72. The Balaban J connectivity index is 1.99. The number of fused-ring (bicyclic) bond motifs is 1. The summed E-state index contributed by atoms with van der Waals surface area (Å²) in [5.41, 5.74) is 3.93. The molecular formula is C16H12Cl2N2O2. The van der Waals surface area contributed by atoms with Gasteiger partial charge in [0.05, 0.1) is 10.0 Å². The molecule has 0 aliphatic carbocycles. The Morgan fingerprint density at radius 1 is 1.09 bits per heavy atom. The predicted octanol–water partition coefficient (Wildman–Crippen LogP) is 4.12. The zero-order chi connectivity index (χ0) is 15.7. The minimum atomic E-state index is -0.538. The van der Waals surface area contributed by atoms with Gasteiger partial charge in [0.15, 0.2) is 0 Å². The van der Waals surface area contributed by atoms with Crippen LogP contribution in [-0.2, 0) is 6.54 Å². The van der Waals surface area contributed by atoms with Gasteiger partial charge in [0, 0.05) is 23.8 Å². The van der Waals surface area contributed by atoms with Crippen LogP contribution < -0.4 is 5.48 Å². The van der Waals surface area contributed by atoms with Gasteiger partial charge in [-0.1, -0.05) is 35.3 Å². The standard InChI is InChI=1S/C16H12Cl2N2O2/c17-13-4-1-10(7-14(13)18)9-20-6-5-11-2-3-12(8-15(11)20)16(21)19-22/h1-8,22H,9H2,(H,19,21). The molecule has 0 spiro atoms. The number of nitrogens with zero attached hydrogens (tertiary/aromatic N) is 1. The Hall–Kier alpha value is -2.01. The molecule has 4 nitrogen and oxygen atoms in total. The molecule has 2 N–H and O–H groups in total. The highest BCUT2D eigenvalue weighted by Crippen LogP contribution is 2.24. The fraction of sp³-hybridized carbons (Fsp3) is 0.0625. The van der Waals surface area contributed by atoms with E-state index >= 15 is 0 Å². The van der Waals surface area contributed by atoms with Crippen molar-refractivity contribution in [1.29, 1.82) is 0 Å². The number of carbonyl (C=O) groups excluding carboxylic acids is 1. The van der Waals surface area contributed by atoms with Crippen LogP contribution in [-0.4, -0.2) is 15.7 Å². The highest BCUT2D eigenvalue weighted by Gasteiger charge is 2.08. The third kappa shape index (κ3) is 2.81. The molecule has 1 heterocycles. The summed E-state index contributed by atoms with van der Waals surface area (Å²) in [6, 6.07) is 12.7. The van der Waals surface area contributed by atoms with E-state index in [-0.39, 0.29) is 0 Å². The van der Waals surface area contributed by atoms with Crippen LogP contribution >= 0.6 is 23.2 Å². The van der Waals surface area contributed by atoms with E-state index < -0.39 is 5.91 Å². The third-order valence-electron chi connectivity index (χ3n) is 3.47. The molecule has 0 aliphatic heterocycles. The lowest BCUT2D eigenvalue weighted by Gasteiger charge is -2.08. The highest BCUT2D eigenvalue weighted by molar-refractivity contribution is 6.42. The molecule has 3 rings (SSSR count). The average Bonchev–Trinajstić information content (AvgIpc) is 2.92. The molecular weight excluding hydrogens is 323 g/mol. The number of aromatic nitrogens is 1. The molecule has 2 aromatic carbocycles. The number of hydroxylamine groups is 1. The molecule has 0 radical (unpaired) electrons. The van der Waals surface area contributed by atoms with E-state index in [1.54, 1.807) is 23.7 Å². The van der Waals surface area contributed by atoms with Crippen LogP contribution in [0.5, 0.6) is 0 Å². The first-order valence-electron chi connectivity index (χ1n) is 6.56. The van der Waals surface area contributed by atoms with E-state index in [1.165, 1.54) is 0 Å². The summed E-state index contributed by atoms with van der Waals surface area (Å²) in [6.07, 6.45) is 1.94. The van der Waals surface area contributed by atoms with Crippen LogP contribution in [0.1, 0.15) is 15.9 Å². The van der Waals surface area contributed by atoms with Crippen molar-refractivity contribution < 1.29 is 10.0 Å². The SMILES string of the molecule is O=C(NO)c1ccc2ccn(Cc3ccc(Cl)c(Cl)c3)c2c1. The average molecular weight is 335 g/mol. The Labute approximate surface area is 136 Å². The molecule has 0 aliphatic rings. The molecule has 22 heavy (non-hydrogen) atoms. The van der Waals surface area contributed by atoms with E-state index in [0.717, 1.165) is 16.5 Å². The van der Waals surface area contributed by atoms with Crippen molar-refractivity contribution in [3.05, 3.63) is 69.8 Å². The van der Waals surface area contributed by atoms with Gasteiger partial charge in [-0.05, 0) is 41.3 Å². The lowest BCUT2D eigenvalue weighted by atomic mass is 10.1. The summed E-state index contributed by atoms with van der Waals surface area (Å²) in [5, 5.41) is 10.8. The summed E-state index contributed by atoms with van der Waals surface area (Å²) >= 11 is 12.0. The molecule has 1 amide bonds. The van der Waals surface area contributed by atoms with Crippen LogP contribution in [0.2, 0.25) is 10.0 Å². The van der Waals surface area contributed by atoms with Crippen LogP contribution in [0.4, 0.5) is 0 Å². The van der Waals surface area contributed by atoms with Gasteiger partial charge in [0.25, 0.3) is 5.91 Å². The van der Waals surface area contributed by atoms with Crippen LogP contribution in [0.3, 0.4) is 0 Å². The van der Waals surface area contributed by atoms with Gasteiger partial charge in [0.2, 0.25) is 0 Å². The Kier molecular flexibility index (Phi) is 4.07. The first-order chi connectivity index (χ1) is 10.6. The smallest absolute Gasteiger partial charge is 0.274 e. The minimum absolute atomic E-state index is 0.393. The van der Waals surface area contributed by atoms with Crippen LogP contribution in [0.25, 0.3) is 10.9 Å². The van der Waals surface area contributed by atoms with Gasteiger partial charge in [-0.15, -0.1) is 0 Å². The van der Waals surface area contributed by atoms with E-state index in [1.807, 2.05) is 35.0 Å². The van der Waals surface area contributed by atoms with Gasteiger partial charge in [-0.25, -0.2) is 5.48 Å². The van der Waals surface area contributed by atoms with Crippen molar-refractivity contribution in [3.8, 4) is 0 Å². The van der Waals surface area contributed by atoms with Gasteiger partial charge >= 0.3 is 0 Å². The zero-order valence-corrected chi connectivity index (χ0v) is 12.9. The van der Waals surface area contributed by atoms with Gasteiger partial charge < -0.3 is 4.57 Å². The van der Waals surface area contributed by atoms with Gasteiger partial charge in [-0.3, -0.25) is 10.0 Å². The fourth-order valence-corrected chi connectivity index (χ4v) is 2.68. The molecule has 0 atom stereocenters. The number of carbonyl (C=O) groups is 1. The maximum atomic E-state index is 11.5. The molecule has 112 valence electrons. The monoisotopic (exact) mass is 334 g/mol. The summed E-state index contributed by atoms with van der Waals surface area (Å²) in [5.74, 6) is -0.538. The van der Waals surface area contributed by atoms with E-state index in [0.29, 0.717) is 22.2 Å². The maximum absolute atomic E-state index is 11.5. The van der Waals surface area contributed by atoms with Crippen molar-refractivity contribution in [2.75, 3.05) is 0 Å². The minimum Gasteiger partial charge on any atom is -0.343 e. The first kappa shape index (κ1) is 14.9. The molecule has 0 unspecified atom stereocenters. The normalized spacial score (nSPS) is 10.9. The summed E-state index contributed by atoms with van der Waals surface area (Å²) in [6.45, 7) is 0.602. The summed E-state index contributed by atoms with van der Waals surface area (Å²) in [7, 11) is 0. The zero-order valence-electron chi connectivity index (χ0n) is 11.4. The summed E-state index contributed by atoms with van der Waals surface area (Å²) in [4.78, 5) is 11.5. The molecule has 1 aromatic heterocycles. The fourth-order valence-electron chi connectivity index (χ4n) is 2.36. The van der Waals surface area contributed by atoms with Crippen molar-refractivity contribution in [2.24, 2.45) is 0 Å². The van der Waals surface area contributed by atoms with Crippen molar-refractivity contribution in [1.82, 2.24) is 10.0 Å². The van der Waals surface area contributed by atoms with Crippen molar-refractivity contribution >= 4 is 40.0 Å². The van der Waals surface area contributed by atoms with Gasteiger partial charge in [-0.2, -0.15) is 0 Å². The number of hydrogen-bond acceptors (Lipinski definition) is 2. The molecule has 0 saturated heterocycles. The second kappa shape index (κ2) is 6.01. The molecule has 0 bridgehead atoms. The molecule has 0 fully saturated rings. The Morgan fingerprint density at radius 2 is 1.91 bits per heavy atom. The largest absolute Gasteiger partial charge is 0.343 e. The predicted molar refractivity (Wildman–Crippen MR) is 86.8 cm³/mol. The highest BCUT2D eigenvalue weighted by atomic mass is 35.5. The number of benzene rings is 2. The molecule has 3 aromatic rings. The van der Waals surface area contributed by atoms with Crippen LogP contribution in [0, 0.1) is 0 Å². The number of hydrogen-bond donors (Lipinski definition) is 2. The molecule has 0 saturated carbocycles. The van der Waals surface area contributed by atoms with Crippen molar-refractivity contribution in [3.63, 3.8) is 0 Å². The first-order valence-corrected chi connectivity index (χ1v) is 7.31.